The molecule has 0 aromatic rings. The van der Waals surface area contributed by atoms with Gasteiger partial charge in [0.2, 0.25) is 5.78 Å². The number of nitrogens with zero attached hydrogens (tertiary/aromatic N) is 1. The van der Waals surface area contributed by atoms with Crippen molar-refractivity contribution in [2.24, 2.45) is 5.16 Å². The van der Waals surface area contributed by atoms with E-state index < -0.39 is 5.97 Å². The molecule has 2 aliphatic rings. The molecule has 2 aliphatic carbocycles. The van der Waals surface area contributed by atoms with Crippen LogP contribution in [-0.4, -0.2) is 17.5 Å². The maximum absolute atomic E-state index is 12.0. The molecule has 0 aromatic heterocycles. The lowest BCUT2D eigenvalue weighted by Gasteiger charge is -2.06. The highest BCUT2D eigenvalue weighted by molar-refractivity contribution is 6.45. The van der Waals surface area contributed by atoms with Crippen molar-refractivity contribution in [3.63, 3.8) is 0 Å². The van der Waals surface area contributed by atoms with Gasteiger partial charge >= 0.3 is 5.97 Å². The fourth-order valence-electron chi connectivity index (χ4n) is 1.96. The number of carbonyl (C=O) groups is 2. The fraction of sp³-hybridized carbons (Fsp3) is 0.312. The first-order chi connectivity index (χ1) is 9.68. The first-order valence-corrected chi connectivity index (χ1v) is 6.72. The number of Topliss-reactive ketones (excluding diaryl/α,β-unsaturated/α-hetero) is 1. The van der Waals surface area contributed by atoms with Crippen LogP contribution in [0.1, 0.15) is 32.6 Å². The number of allylic oxidation sites excluding steroid dienone is 6. The SMILES string of the molecule is C/C(=N\OC(=O)C1=CCCC=C1)C(=O)C1=CCCC=C1. The lowest BCUT2D eigenvalue weighted by molar-refractivity contribution is -0.138. The number of ketones is 1. The monoisotopic (exact) mass is 271 g/mol. The van der Waals surface area contributed by atoms with Crippen LogP contribution in [0.4, 0.5) is 0 Å². The second-order valence-electron chi connectivity index (χ2n) is 4.66. The Hall–Kier alpha value is -2.23. The third kappa shape index (κ3) is 3.63. The number of hydrogen-bond acceptors (Lipinski definition) is 4. The molecule has 0 fully saturated rings. The molecule has 2 rings (SSSR count). The zero-order valence-electron chi connectivity index (χ0n) is 11.5. The van der Waals surface area contributed by atoms with Crippen molar-refractivity contribution in [1.29, 1.82) is 0 Å². The molecule has 4 nitrogen and oxygen atoms in total. The molecule has 0 saturated carbocycles. The van der Waals surface area contributed by atoms with Crippen LogP contribution in [-0.2, 0) is 14.4 Å². The molecule has 0 radical (unpaired) electrons. The lowest BCUT2D eigenvalue weighted by atomic mass is 10.0. The predicted octanol–water partition coefficient (Wildman–Crippen LogP) is 3.03. The van der Waals surface area contributed by atoms with Crippen molar-refractivity contribution in [3.8, 4) is 0 Å². The molecule has 0 saturated heterocycles. The van der Waals surface area contributed by atoms with E-state index in [0.717, 1.165) is 25.7 Å². The molecule has 0 heterocycles. The summed E-state index contributed by atoms with van der Waals surface area (Å²) in [6.45, 7) is 1.55. The Balaban J connectivity index is 1.96. The maximum atomic E-state index is 12.0. The average Bonchev–Trinajstić information content (AvgIpc) is 2.53. The van der Waals surface area contributed by atoms with Crippen molar-refractivity contribution < 1.29 is 14.4 Å². The molecule has 0 aromatic carbocycles. The van der Waals surface area contributed by atoms with Crippen LogP contribution >= 0.6 is 0 Å². The van der Waals surface area contributed by atoms with Gasteiger partial charge in [0, 0.05) is 5.57 Å². The zero-order valence-corrected chi connectivity index (χ0v) is 11.5. The number of oxime groups is 1. The molecule has 0 atom stereocenters. The first kappa shape index (κ1) is 14.2. The largest absolute Gasteiger partial charge is 0.365 e. The van der Waals surface area contributed by atoms with E-state index in [1.807, 2.05) is 18.2 Å². The van der Waals surface area contributed by atoms with Crippen LogP contribution in [0, 0.1) is 0 Å². The number of rotatable bonds is 4. The summed E-state index contributed by atoms with van der Waals surface area (Å²) in [6, 6.07) is 0. The normalized spacial score (nSPS) is 18.4. The van der Waals surface area contributed by atoms with Gasteiger partial charge in [0.25, 0.3) is 0 Å². The van der Waals surface area contributed by atoms with Gasteiger partial charge in [-0.15, -0.1) is 0 Å². The summed E-state index contributed by atoms with van der Waals surface area (Å²) in [5.41, 5.74) is 1.26. The Morgan fingerprint density at radius 1 is 1.00 bits per heavy atom. The highest BCUT2D eigenvalue weighted by Crippen LogP contribution is 2.13. The van der Waals surface area contributed by atoms with E-state index >= 15 is 0 Å². The van der Waals surface area contributed by atoms with E-state index in [1.54, 1.807) is 25.2 Å². The summed E-state index contributed by atoms with van der Waals surface area (Å²) >= 11 is 0. The summed E-state index contributed by atoms with van der Waals surface area (Å²) in [7, 11) is 0. The van der Waals surface area contributed by atoms with Gasteiger partial charge < -0.3 is 4.84 Å². The van der Waals surface area contributed by atoms with Crippen LogP contribution in [0.15, 0.2) is 52.8 Å². The van der Waals surface area contributed by atoms with Crippen molar-refractivity contribution in [2.75, 3.05) is 0 Å². The van der Waals surface area contributed by atoms with E-state index in [0.29, 0.717) is 11.1 Å². The Kier molecular flexibility index (Phi) is 4.82. The standard InChI is InChI=1S/C16H17NO3/c1-12(15(18)13-8-4-2-5-9-13)17-20-16(19)14-10-6-3-7-11-14/h4,6,8-11H,2-3,5,7H2,1H3/b17-12+. The number of carbonyl (C=O) groups excluding carboxylic acids is 2. The predicted molar refractivity (Wildman–Crippen MR) is 77.1 cm³/mol. The molecule has 20 heavy (non-hydrogen) atoms. The summed E-state index contributed by atoms with van der Waals surface area (Å²) in [5.74, 6) is -0.733. The summed E-state index contributed by atoms with van der Waals surface area (Å²) in [6.07, 6.45) is 14.6. The van der Waals surface area contributed by atoms with Gasteiger partial charge in [-0.05, 0) is 32.6 Å². The molecule has 0 amide bonds. The van der Waals surface area contributed by atoms with Crippen LogP contribution in [0.25, 0.3) is 0 Å². The van der Waals surface area contributed by atoms with Gasteiger partial charge in [0.05, 0.1) is 5.57 Å². The molecule has 0 spiro atoms. The Morgan fingerprint density at radius 3 is 2.15 bits per heavy atom. The van der Waals surface area contributed by atoms with Crippen LogP contribution in [0.2, 0.25) is 0 Å². The highest BCUT2D eigenvalue weighted by Gasteiger charge is 2.14. The summed E-state index contributed by atoms with van der Waals surface area (Å²) in [4.78, 5) is 28.5. The maximum Gasteiger partial charge on any atom is 0.365 e. The summed E-state index contributed by atoms with van der Waals surface area (Å²) in [5, 5.41) is 3.64. The minimum Gasteiger partial charge on any atom is -0.312 e. The second-order valence-corrected chi connectivity index (χ2v) is 4.66. The van der Waals surface area contributed by atoms with Crippen LogP contribution < -0.4 is 0 Å². The van der Waals surface area contributed by atoms with E-state index in [1.165, 1.54) is 0 Å². The minimum absolute atomic E-state index is 0.177. The van der Waals surface area contributed by atoms with Gasteiger partial charge in [0.1, 0.15) is 5.71 Å². The van der Waals surface area contributed by atoms with Gasteiger partial charge in [-0.25, -0.2) is 4.79 Å². The molecule has 4 heteroatoms. The Bertz CT molecular complexity index is 562. The molecular formula is C16H17NO3. The van der Waals surface area contributed by atoms with E-state index in [-0.39, 0.29) is 11.5 Å². The lowest BCUT2D eigenvalue weighted by Crippen LogP contribution is -2.15. The van der Waals surface area contributed by atoms with Crippen LogP contribution in [0.3, 0.4) is 0 Å². The quantitative estimate of drug-likeness (QED) is 0.448. The van der Waals surface area contributed by atoms with Crippen molar-refractivity contribution in [1.82, 2.24) is 0 Å². The van der Waals surface area contributed by atoms with Crippen molar-refractivity contribution in [3.05, 3.63) is 47.6 Å². The Labute approximate surface area is 118 Å². The van der Waals surface area contributed by atoms with Crippen molar-refractivity contribution >= 4 is 17.5 Å². The van der Waals surface area contributed by atoms with E-state index in [9.17, 15) is 9.59 Å². The molecule has 0 bridgehead atoms. The fourth-order valence-corrected chi connectivity index (χ4v) is 1.96. The molecule has 104 valence electrons. The van der Waals surface area contributed by atoms with Crippen molar-refractivity contribution in [2.45, 2.75) is 32.6 Å². The first-order valence-electron chi connectivity index (χ1n) is 6.72. The molecule has 0 N–H and O–H groups in total. The van der Waals surface area contributed by atoms with Gasteiger partial charge in [-0.3, -0.25) is 4.79 Å². The highest BCUT2D eigenvalue weighted by atomic mass is 16.7. The van der Waals surface area contributed by atoms with Crippen LogP contribution in [0.5, 0.6) is 0 Å². The van der Waals surface area contributed by atoms with Gasteiger partial charge in [0.15, 0.2) is 0 Å². The third-order valence-corrected chi connectivity index (χ3v) is 3.08. The molecule has 0 unspecified atom stereocenters. The molecule has 0 aliphatic heterocycles. The van der Waals surface area contributed by atoms with E-state index in [2.05, 4.69) is 5.16 Å². The summed E-state index contributed by atoms with van der Waals surface area (Å²) < 4.78 is 0. The zero-order chi connectivity index (χ0) is 14.4. The Morgan fingerprint density at radius 2 is 1.60 bits per heavy atom. The third-order valence-electron chi connectivity index (χ3n) is 3.08. The topological polar surface area (TPSA) is 55.7 Å². The minimum atomic E-state index is -0.527. The second kappa shape index (κ2) is 6.80. The molecular weight excluding hydrogens is 254 g/mol. The van der Waals surface area contributed by atoms with Gasteiger partial charge in [-0.1, -0.05) is 41.6 Å². The smallest absolute Gasteiger partial charge is 0.312 e. The van der Waals surface area contributed by atoms with E-state index in [4.69, 9.17) is 4.84 Å². The number of hydrogen-bond donors (Lipinski definition) is 0. The average molecular weight is 271 g/mol. The van der Waals surface area contributed by atoms with Gasteiger partial charge in [-0.2, -0.15) is 0 Å².